The fraction of sp³-hybridized carbons (Fsp3) is 0.500. The van der Waals surface area contributed by atoms with Crippen LogP contribution in [0.1, 0.15) is 6.42 Å². The average molecular weight is 248 g/mol. The zero-order valence-electron chi connectivity index (χ0n) is 9.13. The lowest BCUT2D eigenvalue weighted by Gasteiger charge is -2.28. The summed E-state index contributed by atoms with van der Waals surface area (Å²) in [5.41, 5.74) is 8.45. The van der Waals surface area contributed by atoms with Crippen LogP contribution in [0.15, 0.2) is 5.51 Å². The van der Waals surface area contributed by atoms with E-state index in [2.05, 4.69) is 25.2 Å². The zero-order chi connectivity index (χ0) is 11.4. The molecule has 3 N–H and O–H groups in total. The van der Waals surface area contributed by atoms with E-state index in [0.29, 0.717) is 18.0 Å². The Morgan fingerprint density at radius 1 is 1.47 bits per heavy atom. The molecular weight excluding hydrogens is 236 g/mol. The van der Waals surface area contributed by atoms with Gasteiger partial charge in [0.05, 0.1) is 5.51 Å². The summed E-state index contributed by atoms with van der Waals surface area (Å²) in [5.74, 6) is 1.25. The number of nitrogens with zero attached hydrogens (tertiary/aromatic N) is 4. The zero-order valence-corrected chi connectivity index (χ0v) is 9.94. The third-order valence-electron chi connectivity index (χ3n) is 3.53. The predicted octanol–water partition coefficient (Wildman–Crippen LogP) is 0.219. The van der Waals surface area contributed by atoms with Crippen molar-refractivity contribution in [1.82, 2.24) is 20.3 Å². The normalized spacial score (nSPS) is 27.2. The van der Waals surface area contributed by atoms with Gasteiger partial charge in [-0.1, -0.05) is 0 Å². The van der Waals surface area contributed by atoms with Crippen LogP contribution in [0.3, 0.4) is 0 Å². The highest BCUT2D eigenvalue weighted by Gasteiger charge is 2.39. The molecule has 2 aromatic heterocycles. The molecule has 2 saturated heterocycles. The Labute approximate surface area is 102 Å². The van der Waals surface area contributed by atoms with E-state index in [9.17, 15) is 0 Å². The Kier molecular flexibility index (Phi) is 1.84. The minimum Gasteiger partial charge on any atom is -0.368 e. The summed E-state index contributed by atoms with van der Waals surface area (Å²) in [7, 11) is 0. The molecule has 0 radical (unpaired) electrons. The Morgan fingerprint density at radius 3 is 3.18 bits per heavy atom. The lowest BCUT2D eigenvalue weighted by Crippen LogP contribution is -2.44. The molecule has 2 aliphatic heterocycles. The van der Waals surface area contributed by atoms with Crippen molar-refractivity contribution in [2.75, 3.05) is 23.7 Å². The van der Waals surface area contributed by atoms with Gasteiger partial charge in [0.15, 0.2) is 10.6 Å². The first kappa shape index (κ1) is 9.55. The third kappa shape index (κ3) is 1.32. The minimum absolute atomic E-state index is 0.340. The number of fused-ring (bicyclic) bond motifs is 3. The molecule has 6 nitrogen and oxygen atoms in total. The highest BCUT2D eigenvalue weighted by atomic mass is 32.1. The van der Waals surface area contributed by atoms with Gasteiger partial charge in [-0.2, -0.15) is 4.98 Å². The van der Waals surface area contributed by atoms with Gasteiger partial charge in [0.2, 0.25) is 5.95 Å². The molecule has 2 bridgehead atoms. The number of hydrogen-bond donors (Lipinski definition) is 2. The van der Waals surface area contributed by atoms with Gasteiger partial charge < -0.3 is 16.0 Å². The van der Waals surface area contributed by atoms with Gasteiger partial charge in [0.25, 0.3) is 0 Å². The second-order valence-electron chi connectivity index (χ2n) is 4.56. The maximum absolute atomic E-state index is 5.76. The van der Waals surface area contributed by atoms with Crippen LogP contribution in [-0.4, -0.2) is 40.1 Å². The number of nitrogen functional groups attached to an aromatic ring is 1. The van der Waals surface area contributed by atoms with Crippen molar-refractivity contribution in [3.8, 4) is 0 Å². The summed E-state index contributed by atoms with van der Waals surface area (Å²) in [5, 5.41) is 3.48. The first-order chi connectivity index (χ1) is 8.31. The summed E-state index contributed by atoms with van der Waals surface area (Å²) in [6.07, 6.45) is 1.19. The topological polar surface area (TPSA) is 80.0 Å². The Morgan fingerprint density at radius 2 is 2.41 bits per heavy atom. The fourth-order valence-electron chi connectivity index (χ4n) is 2.78. The minimum atomic E-state index is 0.340. The molecule has 0 aliphatic carbocycles. The number of hydrogen-bond acceptors (Lipinski definition) is 7. The molecule has 88 valence electrons. The number of piperazine rings is 1. The van der Waals surface area contributed by atoms with Crippen LogP contribution in [0.4, 0.5) is 11.8 Å². The molecule has 4 heterocycles. The lowest BCUT2D eigenvalue weighted by atomic mass is 10.2. The molecule has 2 fully saturated rings. The van der Waals surface area contributed by atoms with Crippen LogP contribution in [0.2, 0.25) is 0 Å². The van der Waals surface area contributed by atoms with E-state index >= 15 is 0 Å². The molecule has 0 spiro atoms. The van der Waals surface area contributed by atoms with E-state index in [-0.39, 0.29) is 0 Å². The highest BCUT2D eigenvalue weighted by Crippen LogP contribution is 2.33. The SMILES string of the molecule is Nc1nc(N2CC3CC2CN3)c2ncsc2n1. The largest absolute Gasteiger partial charge is 0.368 e. The molecule has 2 atom stereocenters. The molecule has 0 amide bonds. The van der Waals surface area contributed by atoms with Crippen LogP contribution in [0.25, 0.3) is 10.3 Å². The van der Waals surface area contributed by atoms with Crippen molar-refractivity contribution in [3.63, 3.8) is 0 Å². The maximum atomic E-state index is 5.76. The van der Waals surface area contributed by atoms with Crippen molar-refractivity contribution < 1.29 is 0 Å². The van der Waals surface area contributed by atoms with E-state index in [1.165, 1.54) is 17.8 Å². The monoisotopic (exact) mass is 248 g/mol. The van der Waals surface area contributed by atoms with Crippen molar-refractivity contribution in [1.29, 1.82) is 0 Å². The standard InChI is InChI=1S/C10H12N6S/c11-10-14-8(7-9(15-10)17-4-13-7)16-3-5-1-6(16)2-12-5/h4-6,12H,1-3H2,(H2,11,14,15). The van der Waals surface area contributed by atoms with E-state index in [1.807, 2.05) is 0 Å². The van der Waals surface area contributed by atoms with Crippen molar-refractivity contribution >= 4 is 33.5 Å². The second-order valence-corrected chi connectivity index (χ2v) is 5.39. The van der Waals surface area contributed by atoms with Crippen LogP contribution in [0.5, 0.6) is 0 Å². The molecule has 2 aliphatic rings. The van der Waals surface area contributed by atoms with Gasteiger partial charge in [0, 0.05) is 25.2 Å². The van der Waals surface area contributed by atoms with Gasteiger partial charge in [0.1, 0.15) is 5.52 Å². The van der Waals surface area contributed by atoms with Gasteiger partial charge in [-0.25, -0.2) is 9.97 Å². The van der Waals surface area contributed by atoms with E-state index in [1.54, 1.807) is 5.51 Å². The maximum Gasteiger partial charge on any atom is 0.223 e. The molecule has 17 heavy (non-hydrogen) atoms. The molecule has 2 aromatic rings. The Balaban J connectivity index is 1.87. The molecule has 4 rings (SSSR count). The predicted molar refractivity (Wildman–Crippen MR) is 67.2 cm³/mol. The number of nitrogens with one attached hydrogen (secondary N) is 1. The molecule has 7 heteroatoms. The second kappa shape index (κ2) is 3.27. The smallest absolute Gasteiger partial charge is 0.223 e. The number of anilines is 2. The third-order valence-corrected chi connectivity index (χ3v) is 4.24. The summed E-state index contributed by atoms with van der Waals surface area (Å²) < 4.78 is 0. The average Bonchev–Trinajstić information content (AvgIpc) is 3.02. The first-order valence-corrected chi connectivity index (χ1v) is 6.56. The Hall–Kier alpha value is -1.47. The Bertz CT molecular complexity index is 581. The number of aromatic nitrogens is 3. The van der Waals surface area contributed by atoms with Gasteiger partial charge in [-0.05, 0) is 6.42 Å². The summed E-state index contributed by atoms with van der Waals surface area (Å²) in [6.45, 7) is 2.02. The molecule has 2 unspecified atom stereocenters. The summed E-state index contributed by atoms with van der Waals surface area (Å²) in [4.78, 5) is 16.2. The fourth-order valence-corrected chi connectivity index (χ4v) is 3.44. The summed E-state index contributed by atoms with van der Waals surface area (Å²) >= 11 is 1.51. The quantitative estimate of drug-likeness (QED) is 0.751. The molecular formula is C10H12N6S. The van der Waals surface area contributed by atoms with Crippen LogP contribution >= 0.6 is 11.3 Å². The summed E-state index contributed by atoms with van der Waals surface area (Å²) in [6, 6.07) is 1.11. The van der Waals surface area contributed by atoms with Gasteiger partial charge >= 0.3 is 0 Å². The highest BCUT2D eigenvalue weighted by molar-refractivity contribution is 7.16. The van der Waals surface area contributed by atoms with Crippen LogP contribution in [0, 0.1) is 0 Å². The van der Waals surface area contributed by atoms with Crippen molar-refractivity contribution in [2.24, 2.45) is 0 Å². The molecule has 0 aromatic carbocycles. The number of thiazole rings is 1. The lowest BCUT2D eigenvalue weighted by molar-refractivity contribution is 0.577. The first-order valence-electron chi connectivity index (χ1n) is 5.68. The van der Waals surface area contributed by atoms with E-state index < -0.39 is 0 Å². The van der Waals surface area contributed by atoms with E-state index in [4.69, 9.17) is 5.73 Å². The van der Waals surface area contributed by atoms with Crippen molar-refractivity contribution in [3.05, 3.63) is 5.51 Å². The van der Waals surface area contributed by atoms with Crippen molar-refractivity contribution in [2.45, 2.75) is 18.5 Å². The number of rotatable bonds is 1. The van der Waals surface area contributed by atoms with Gasteiger partial charge in [-0.15, -0.1) is 11.3 Å². The van der Waals surface area contributed by atoms with E-state index in [0.717, 1.165) is 29.3 Å². The molecule has 0 saturated carbocycles. The van der Waals surface area contributed by atoms with Gasteiger partial charge in [-0.3, -0.25) is 0 Å². The van der Waals surface area contributed by atoms with Crippen LogP contribution in [-0.2, 0) is 0 Å². The number of nitrogens with two attached hydrogens (primary N) is 1. The van der Waals surface area contributed by atoms with Crippen LogP contribution < -0.4 is 16.0 Å².